The van der Waals surface area contributed by atoms with Crippen molar-refractivity contribution < 1.29 is 33.7 Å². The van der Waals surface area contributed by atoms with Crippen LogP contribution < -0.4 is 10.6 Å². The first-order valence-corrected chi connectivity index (χ1v) is 15.7. The number of ether oxygens (including phenoxy) is 3. The van der Waals surface area contributed by atoms with E-state index in [1.54, 1.807) is 0 Å². The number of unbranched alkanes of at least 4 members (excludes halogenated alkanes) is 13. The van der Waals surface area contributed by atoms with E-state index in [2.05, 4.69) is 26.6 Å². The Hall–Kier alpha value is -1.23. The van der Waals surface area contributed by atoms with Gasteiger partial charge in [-0.1, -0.05) is 93.0 Å². The number of halogens is 1. The molecule has 0 rings (SSSR count). The van der Waals surface area contributed by atoms with Crippen LogP contribution >= 0.6 is 15.9 Å². The molecular formula is C28H53BrN2O7. The molecule has 9 nitrogen and oxygen atoms in total. The Labute approximate surface area is 238 Å². The first kappa shape index (κ1) is 36.8. The van der Waals surface area contributed by atoms with Crippen molar-refractivity contribution in [1.82, 2.24) is 10.6 Å². The van der Waals surface area contributed by atoms with Crippen LogP contribution in [0.15, 0.2) is 0 Å². The van der Waals surface area contributed by atoms with Crippen molar-refractivity contribution in [3.63, 3.8) is 0 Å². The van der Waals surface area contributed by atoms with E-state index in [0.29, 0.717) is 70.9 Å². The fourth-order valence-corrected chi connectivity index (χ4v) is 4.08. The number of carboxylic acids is 1. The van der Waals surface area contributed by atoms with E-state index < -0.39 is 5.97 Å². The standard InChI is InChI=1S/C28H53BrN2O7/c29-25-27(33)31-18-20-37-22-24-38-23-21-36-19-17-30-26(32)15-13-11-9-7-5-3-1-2-4-6-8-10-12-14-16-28(34)35/h1-25H2,(H,30,32)(H,31,33)(H,34,35). The number of aliphatic carboxylic acids is 1. The summed E-state index contributed by atoms with van der Waals surface area (Å²) in [6.45, 7) is 3.86. The summed E-state index contributed by atoms with van der Waals surface area (Å²) in [5, 5.41) is 14.5. The molecule has 3 N–H and O–H groups in total. The maximum absolute atomic E-state index is 11.9. The molecule has 0 aromatic rings. The van der Waals surface area contributed by atoms with Crippen LogP contribution in [0.2, 0.25) is 0 Å². The number of hydrogen-bond acceptors (Lipinski definition) is 6. The second kappa shape index (κ2) is 30.3. The zero-order valence-electron chi connectivity index (χ0n) is 23.5. The summed E-state index contributed by atoms with van der Waals surface area (Å²) in [5.41, 5.74) is 0. The Morgan fingerprint density at radius 1 is 0.500 bits per heavy atom. The van der Waals surface area contributed by atoms with Crippen LogP contribution in [0.1, 0.15) is 103 Å². The average Bonchev–Trinajstić information content (AvgIpc) is 2.90. The number of alkyl halides is 1. The molecule has 2 amide bonds. The molecule has 0 heterocycles. The van der Waals surface area contributed by atoms with Crippen molar-refractivity contribution in [3.8, 4) is 0 Å². The number of hydrogen-bond donors (Lipinski definition) is 3. The van der Waals surface area contributed by atoms with Gasteiger partial charge in [0, 0.05) is 25.9 Å². The molecule has 0 spiro atoms. The van der Waals surface area contributed by atoms with Gasteiger partial charge in [-0.25, -0.2) is 0 Å². The van der Waals surface area contributed by atoms with E-state index in [1.165, 1.54) is 57.8 Å². The molecule has 0 aliphatic heterocycles. The summed E-state index contributed by atoms with van der Waals surface area (Å²) in [4.78, 5) is 33.3. The second-order valence-electron chi connectivity index (χ2n) is 9.51. The highest BCUT2D eigenvalue weighted by Crippen LogP contribution is 2.13. The number of amides is 2. The summed E-state index contributed by atoms with van der Waals surface area (Å²) in [6, 6.07) is 0. The Kier molecular flexibility index (Phi) is 29.3. The smallest absolute Gasteiger partial charge is 0.303 e. The summed E-state index contributed by atoms with van der Waals surface area (Å²) >= 11 is 3.08. The molecule has 224 valence electrons. The maximum Gasteiger partial charge on any atom is 0.303 e. The Morgan fingerprint density at radius 3 is 1.24 bits per heavy atom. The van der Waals surface area contributed by atoms with Crippen LogP contribution in [0.4, 0.5) is 0 Å². The van der Waals surface area contributed by atoms with Crippen LogP contribution in [0.25, 0.3) is 0 Å². The van der Waals surface area contributed by atoms with Crippen molar-refractivity contribution in [2.45, 2.75) is 103 Å². The van der Waals surface area contributed by atoms with Gasteiger partial charge in [0.1, 0.15) is 0 Å². The molecule has 0 saturated carbocycles. The fraction of sp³-hybridized carbons (Fsp3) is 0.893. The molecule has 0 atom stereocenters. The SMILES string of the molecule is O=C(O)CCCCCCCCCCCCCCCCC(=O)NCCOCCOCCOCCNC(=O)CBr. The molecule has 0 aliphatic rings. The monoisotopic (exact) mass is 608 g/mol. The van der Waals surface area contributed by atoms with E-state index >= 15 is 0 Å². The lowest BCUT2D eigenvalue weighted by atomic mass is 10.0. The third-order valence-electron chi connectivity index (χ3n) is 6.05. The molecule has 0 unspecified atom stereocenters. The largest absolute Gasteiger partial charge is 0.481 e. The number of carbonyl (C=O) groups is 3. The summed E-state index contributed by atoms with van der Waals surface area (Å²) in [6.07, 6.45) is 17.4. The maximum atomic E-state index is 11.9. The minimum absolute atomic E-state index is 0.0565. The lowest BCUT2D eigenvalue weighted by molar-refractivity contribution is -0.137. The van der Waals surface area contributed by atoms with Gasteiger partial charge in [0.05, 0.1) is 45.0 Å². The second-order valence-corrected chi connectivity index (χ2v) is 10.1. The van der Waals surface area contributed by atoms with E-state index in [-0.39, 0.29) is 11.8 Å². The third kappa shape index (κ3) is 31.0. The first-order chi connectivity index (χ1) is 18.6. The number of carboxylic acid groups (broad SMARTS) is 1. The van der Waals surface area contributed by atoms with Crippen molar-refractivity contribution in [1.29, 1.82) is 0 Å². The number of carbonyl (C=O) groups excluding carboxylic acids is 2. The molecule has 0 aromatic heterocycles. The molecule has 38 heavy (non-hydrogen) atoms. The molecule has 0 radical (unpaired) electrons. The summed E-state index contributed by atoms with van der Waals surface area (Å²) < 4.78 is 16.2. The zero-order chi connectivity index (χ0) is 27.9. The van der Waals surface area contributed by atoms with E-state index in [4.69, 9.17) is 19.3 Å². The van der Waals surface area contributed by atoms with E-state index in [9.17, 15) is 14.4 Å². The summed E-state index contributed by atoms with van der Waals surface area (Å²) in [5.74, 6) is -0.645. The minimum Gasteiger partial charge on any atom is -0.481 e. The Morgan fingerprint density at radius 2 is 0.842 bits per heavy atom. The third-order valence-corrected chi connectivity index (χ3v) is 6.56. The lowest BCUT2D eigenvalue weighted by Crippen LogP contribution is -2.28. The molecule has 0 saturated heterocycles. The van der Waals surface area contributed by atoms with Gasteiger partial charge in [-0.15, -0.1) is 0 Å². The number of nitrogens with one attached hydrogen (secondary N) is 2. The molecule has 0 aromatic carbocycles. The fourth-order valence-electron chi connectivity index (χ4n) is 3.89. The predicted octanol–water partition coefficient (Wildman–Crippen LogP) is 4.99. The van der Waals surface area contributed by atoms with Crippen LogP contribution in [0, 0.1) is 0 Å². The average molecular weight is 610 g/mol. The van der Waals surface area contributed by atoms with Gasteiger partial charge in [0.2, 0.25) is 11.8 Å². The van der Waals surface area contributed by atoms with Crippen molar-refractivity contribution in [2.75, 3.05) is 58.1 Å². The molecular weight excluding hydrogens is 556 g/mol. The van der Waals surface area contributed by atoms with Crippen LogP contribution in [0.3, 0.4) is 0 Å². The van der Waals surface area contributed by atoms with E-state index in [0.717, 1.165) is 32.1 Å². The van der Waals surface area contributed by atoms with Crippen molar-refractivity contribution >= 4 is 33.7 Å². The predicted molar refractivity (Wildman–Crippen MR) is 154 cm³/mol. The highest BCUT2D eigenvalue weighted by molar-refractivity contribution is 9.09. The number of rotatable bonds is 30. The Balaban J connectivity index is 3.18. The topological polar surface area (TPSA) is 123 Å². The quantitative estimate of drug-likeness (QED) is 0.0775. The van der Waals surface area contributed by atoms with Crippen LogP contribution in [-0.4, -0.2) is 81.0 Å². The Bertz CT molecular complexity index is 567. The van der Waals surface area contributed by atoms with Gasteiger partial charge in [-0.05, 0) is 12.8 Å². The van der Waals surface area contributed by atoms with Gasteiger partial charge in [0.15, 0.2) is 0 Å². The van der Waals surface area contributed by atoms with Gasteiger partial charge < -0.3 is 30.0 Å². The van der Waals surface area contributed by atoms with Gasteiger partial charge in [-0.3, -0.25) is 14.4 Å². The van der Waals surface area contributed by atoms with Crippen molar-refractivity contribution in [3.05, 3.63) is 0 Å². The van der Waals surface area contributed by atoms with E-state index in [1.807, 2.05) is 0 Å². The van der Waals surface area contributed by atoms with Gasteiger partial charge in [0.25, 0.3) is 0 Å². The molecule has 0 aliphatic carbocycles. The highest BCUT2D eigenvalue weighted by atomic mass is 79.9. The molecule has 10 heteroatoms. The first-order valence-electron chi connectivity index (χ1n) is 14.6. The lowest BCUT2D eigenvalue weighted by Gasteiger charge is -2.08. The molecule has 0 fully saturated rings. The van der Waals surface area contributed by atoms with Crippen LogP contribution in [-0.2, 0) is 28.6 Å². The van der Waals surface area contributed by atoms with Crippen molar-refractivity contribution in [2.24, 2.45) is 0 Å². The normalized spacial score (nSPS) is 11.0. The molecule has 0 bridgehead atoms. The highest BCUT2D eigenvalue weighted by Gasteiger charge is 2.01. The zero-order valence-corrected chi connectivity index (χ0v) is 25.0. The van der Waals surface area contributed by atoms with Crippen LogP contribution in [0.5, 0.6) is 0 Å². The van der Waals surface area contributed by atoms with Gasteiger partial charge in [-0.2, -0.15) is 0 Å². The summed E-state index contributed by atoms with van der Waals surface area (Å²) in [7, 11) is 0. The minimum atomic E-state index is -0.682. The van der Waals surface area contributed by atoms with Gasteiger partial charge >= 0.3 is 5.97 Å².